The van der Waals surface area contributed by atoms with E-state index < -0.39 is 0 Å². The number of carbonyl (C=O) groups is 1. The molecule has 7 nitrogen and oxygen atoms in total. The van der Waals surface area contributed by atoms with Crippen LogP contribution in [0.3, 0.4) is 0 Å². The smallest absolute Gasteiger partial charge is 0.261 e. The first kappa shape index (κ1) is 25.3. The van der Waals surface area contributed by atoms with Crippen LogP contribution in [0, 0.1) is 11.7 Å². The second-order valence-electron chi connectivity index (χ2n) is 8.61. The number of aryl methyl sites for hydroxylation is 1. The Hall–Kier alpha value is -3.78. The van der Waals surface area contributed by atoms with Crippen molar-refractivity contribution in [3.05, 3.63) is 87.4 Å². The minimum atomic E-state index is -0.380. The maximum atomic E-state index is 13.4. The van der Waals surface area contributed by atoms with Crippen LogP contribution < -0.4 is 16.2 Å². The normalized spacial score (nSPS) is 11.9. The average molecular weight is 508 g/mol. The second-order valence-corrected chi connectivity index (χ2v) is 9.02. The molecule has 4 aromatic rings. The summed E-state index contributed by atoms with van der Waals surface area (Å²) in [6.45, 7) is 4.42. The molecule has 36 heavy (non-hydrogen) atoms. The van der Waals surface area contributed by atoms with Crippen LogP contribution >= 0.6 is 11.6 Å². The van der Waals surface area contributed by atoms with Gasteiger partial charge in [-0.15, -0.1) is 0 Å². The molecule has 2 heterocycles. The molecule has 1 amide bonds. The van der Waals surface area contributed by atoms with E-state index in [9.17, 15) is 14.0 Å². The van der Waals surface area contributed by atoms with Crippen LogP contribution in [0.2, 0.25) is 5.02 Å². The summed E-state index contributed by atoms with van der Waals surface area (Å²) in [5, 5.41) is 6.78. The number of fused-ring (bicyclic) bond motifs is 1. The molecular weight excluding hydrogens is 481 g/mol. The summed E-state index contributed by atoms with van der Waals surface area (Å²) in [5.74, 6) is -0.890. The Morgan fingerprint density at radius 1 is 1.14 bits per heavy atom. The minimum Gasteiger partial charge on any atom is -0.379 e. The first-order chi connectivity index (χ1) is 17.3. The van der Waals surface area contributed by atoms with E-state index in [-0.39, 0.29) is 29.7 Å². The molecule has 0 fully saturated rings. The Bertz CT molecular complexity index is 1490. The molecular formula is C27H27ClFN5O2. The molecule has 2 aromatic carbocycles. The fourth-order valence-corrected chi connectivity index (χ4v) is 4.27. The molecule has 0 aliphatic heterocycles. The summed E-state index contributed by atoms with van der Waals surface area (Å²) < 4.78 is 14.8. The summed E-state index contributed by atoms with van der Waals surface area (Å²) in [6.07, 6.45) is 3.97. The number of pyridine rings is 1. The quantitative estimate of drug-likeness (QED) is 0.357. The van der Waals surface area contributed by atoms with Crippen molar-refractivity contribution in [2.75, 3.05) is 12.4 Å². The number of hydrogen-bond acceptors (Lipinski definition) is 5. The van der Waals surface area contributed by atoms with Crippen LogP contribution in [0.5, 0.6) is 0 Å². The van der Waals surface area contributed by atoms with E-state index in [1.54, 1.807) is 38.4 Å². The van der Waals surface area contributed by atoms with Crippen LogP contribution in [0.1, 0.15) is 25.1 Å². The Morgan fingerprint density at radius 3 is 2.67 bits per heavy atom. The minimum absolute atomic E-state index is 0.139. The standard InChI is InChI=1S/C27H27ClFN5O2/c1-4-23-25(32-12-18-5-7-20(29)11-22(18)28)10-19(13-31-23)17-6-8-24-21(9-17)27(36)34(15-33-24)14-16(2)26(35)30-3/h5-11,13,15-16,32H,4,12,14H2,1-3H3,(H,30,35)/t16-/m0/s1. The van der Waals surface area contributed by atoms with Gasteiger partial charge in [-0.2, -0.15) is 0 Å². The zero-order valence-electron chi connectivity index (χ0n) is 20.3. The van der Waals surface area contributed by atoms with E-state index in [4.69, 9.17) is 11.6 Å². The van der Waals surface area contributed by atoms with Gasteiger partial charge in [-0.1, -0.05) is 37.6 Å². The molecule has 0 saturated carbocycles. The van der Waals surface area contributed by atoms with Crippen LogP contribution in [-0.2, 0) is 24.3 Å². The van der Waals surface area contributed by atoms with Gasteiger partial charge < -0.3 is 10.6 Å². The van der Waals surface area contributed by atoms with Crippen molar-refractivity contribution in [1.82, 2.24) is 19.9 Å². The molecule has 0 unspecified atom stereocenters. The maximum absolute atomic E-state index is 13.4. The number of nitrogens with one attached hydrogen (secondary N) is 2. The summed E-state index contributed by atoms with van der Waals surface area (Å²) in [7, 11) is 1.57. The number of aromatic nitrogens is 3. The van der Waals surface area contributed by atoms with E-state index in [0.717, 1.165) is 34.5 Å². The van der Waals surface area contributed by atoms with Crippen molar-refractivity contribution in [3.8, 4) is 11.1 Å². The van der Waals surface area contributed by atoms with Gasteiger partial charge in [0.2, 0.25) is 5.91 Å². The van der Waals surface area contributed by atoms with Gasteiger partial charge in [0.05, 0.1) is 34.5 Å². The van der Waals surface area contributed by atoms with Crippen LogP contribution in [0.15, 0.2) is 59.8 Å². The highest BCUT2D eigenvalue weighted by Gasteiger charge is 2.15. The summed E-state index contributed by atoms with van der Waals surface area (Å²) in [6, 6.07) is 11.8. The molecule has 1 atom stereocenters. The fraction of sp³-hybridized carbons (Fsp3) is 0.259. The predicted molar refractivity (Wildman–Crippen MR) is 141 cm³/mol. The van der Waals surface area contributed by atoms with Crippen LogP contribution in [0.4, 0.5) is 10.1 Å². The van der Waals surface area contributed by atoms with Gasteiger partial charge in [0.25, 0.3) is 5.56 Å². The second kappa shape index (κ2) is 10.9. The number of carbonyl (C=O) groups excluding carboxylic acids is 1. The molecule has 0 saturated heterocycles. The highest BCUT2D eigenvalue weighted by Crippen LogP contribution is 2.27. The highest BCUT2D eigenvalue weighted by atomic mass is 35.5. The van der Waals surface area contributed by atoms with Crippen molar-refractivity contribution in [2.45, 2.75) is 33.4 Å². The SMILES string of the molecule is CCc1ncc(-c2ccc3ncn(C[C@H](C)C(=O)NC)c(=O)c3c2)cc1NCc1ccc(F)cc1Cl. The first-order valence-corrected chi connectivity index (χ1v) is 12.1. The molecule has 0 aliphatic carbocycles. The van der Waals surface area contributed by atoms with Crippen LogP contribution in [-0.4, -0.2) is 27.5 Å². The number of halogens is 2. The van der Waals surface area contributed by atoms with E-state index in [1.165, 1.54) is 23.0 Å². The lowest BCUT2D eigenvalue weighted by Crippen LogP contribution is -2.32. The Kier molecular flexibility index (Phi) is 7.64. The lowest BCUT2D eigenvalue weighted by Gasteiger charge is -2.14. The van der Waals surface area contributed by atoms with Gasteiger partial charge in [-0.3, -0.25) is 19.1 Å². The molecule has 2 aromatic heterocycles. The first-order valence-electron chi connectivity index (χ1n) is 11.7. The van der Waals surface area contributed by atoms with E-state index in [1.807, 2.05) is 19.1 Å². The van der Waals surface area contributed by atoms with Crippen molar-refractivity contribution < 1.29 is 9.18 Å². The van der Waals surface area contributed by atoms with Gasteiger partial charge in [0.15, 0.2) is 0 Å². The average Bonchev–Trinajstić information content (AvgIpc) is 2.89. The zero-order chi connectivity index (χ0) is 25.8. The molecule has 2 N–H and O–H groups in total. The third-order valence-corrected chi connectivity index (χ3v) is 6.46. The molecule has 4 rings (SSSR count). The van der Waals surface area contributed by atoms with Gasteiger partial charge in [0, 0.05) is 36.9 Å². The maximum Gasteiger partial charge on any atom is 0.261 e. The van der Waals surface area contributed by atoms with Crippen molar-refractivity contribution in [3.63, 3.8) is 0 Å². The van der Waals surface area contributed by atoms with E-state index in [2.05, 4.69) is 20.6 Å². The number of benzene rings is 2. The number of hydrogen-bond donors (Lipinski definition) is 2. The third-order valence-electron chi connectivity index (χ3n) is 6.11. The van der Waals surface area contributed by atoms with Crippen LogP contribution in [0.25, 0.3) is 22.0 Å². The van der Waals surface area contributed by atoms with Crippen molar-refractivity contribution in [1.29, 1.82) is 0 Å². The molecule has 0 aliphatic rings. The lowest BCUT2D eigenvalue weighted by molar-refractivity contribution is -0.124. The monoisotopic (exact) mass is 507 g/mol. The molecule has 0 spiro atoms. The summed E-state index contributed by atoms with van der Waals surface area (Å²) in [4.78, 5) is 34.1. The summed E-state index contributed by atoms with van der Waals surface area (Å²) in [5.41, 5.74) is 4.50. The predicted octanol–water partition coefficient (Wildman–Crippen LogP) is 4.81. The topological polar surface area (TPSA) is 88.9 Å². The fourth-order valence-electron chi connectivity index (χ4n) is 4.03. The van der Waals surface area contributed by atoms with Gasteiger partial charge in [0.1, 0.15) is 5.82 Å². The lowest BCUT2D eigenvalue weighted by atomic mass is 10.0. The van der Waals surface area contributed by atoms with Crippen molar-refractivity contribution >= 4 is 34.1 Å². The third kappa shape index (κ3) is 5.39. The van der Waals surface area contributed by atoms with Crippen molar-refractivity contribution in [2.24, 2.45) is 5.92 Å². The molecule has 186 valence electrons. The Labute approximate surface area is 213 Å². The van der Waals surface area contributed by atoms with Gasteiger partial charge in [-0.05, 0) is 47.9 Å². The Balaban J connectivity index is 1.66. The largest absolute Gasteiger partial charge is 0.379 e. The van der Waals surface area contributed by atoms with Gasteiger partial charge >= 0.3 is 0 Å². The number of anilines is 1. The summed E-state index contributed by atoms with van der Waals surface area (Å²) >= 11 is 6.18. The highest BCUT2D eigenvalue weighted by molar-refractivity contribution is 6.31. The van der Waals surface area contributed by atoms with Gasteiger partial charge in [-0.25, -0.2) is 9.37 Å². The number of amides is 1. The zero-order valence-corrected chi connectivity index (χ0v) is 21.1. The molecule has 0 bridgehead atoms. The molecule has 0 radical (unpaired) electrons. The Morgan fingerprint density at radius 2 is 1.94 bits per heavy atom. The number of nitrogens with zero attached hydrogens (tertiary/aromatic N) is 3. The molecule has 9 heteroatoms. The number of rotatable bonds is 8. The van der Waals surface area contributed by atoms with E-state index >= 15 is 0 Å². The van der Waals surface area contributed by atoms with E-state index in [0.29, 0.717) is 22.5 Å².